The quantitative estimate of drug-likeness (QED) is 0.760. The summed E-state index contributed by atoms with van der Waals surface area (Å²) >= 11 is 0. The Morgan fingerprint density at radius 3 is 2.78 bits per heavy atom. The molecule has 1 aromatic carbocycles. The highest BCUT2D eigenvalue weighted by atomic mass is 16.1. The summed E-state index contributed by atoms with van der Waals surface area (Å²) < 4.78 is 0. The summed E-state index contributed by atoms with van der Waals surface area (Å²) in [7, 11) is 2.03. The third-order valence-electron chi connectivity index (χ3n) is 2.98. The number of hydrogen-bond acceptors (Lipinski definition) is 3. The Morgan fingerprint density at radius 2 is 2.11 bits per heavy atom. The molecule has 18 heavy (non-hydrogen) atoms. The lowest BCUT2D eigenvalue weighted by Gasteiger charge is -2.15. The number of carbonyl (C=O) groups is 1. The van der Waals surface area contributed by atoms with Crippen molar-refractivity contribution in [2.45, 2.75) is 26.7 Å². The first-order chi connectivity index (χ1) is 8.54. The molecule has 0 saturated carbocycles. The fourth-order valence-electron chi connectivity index (χ4n) is 1.79. The van der Waals surface area contributed by atoms with E-state index in [1.165, 1.54) is 0 Å². The molecule has 0 heterocycles. The van der Waals surface area contributed by atoms with Gasteiger partial charge in [0.2, 0.25) is 5.91 Å². The maximum absolute atomic E-state index is 11.8. The van der Waals surface area contributed by atoms with Gasteiger partial charge in [0.25, 0.3) is 0 Å². The smallest absolute Gasteiger partial charge is 0.225 e. The van der Waals surface area contributed by atoms with Gasteiger partial charge in [-0.25, -0.2) is 0 Å². The van der Waals surface area contributed by atoms with Gasteiger partial charge in [0.15, 0.2) is 0 Å². The van der Waals surface area contributed by atoms with Crippen molar-refractivity contribution in [3.05, 3.63) is 23.8 Å². The van der Waals surface area contributed by atoms with Crippen LogP contribution in [0.25, 0.3) is 0 Å². The average molecular weight is 249 g/mol. The first-order valence-corrected chi connectivity index (χ1v) is 6.38. The summed E-state index contributed by atoms with van der Waals surface area (Å²) in [5, 5.41) is 2.90. The molecule has 1 rings (SSSR count). The standard InChI is InChI=1S/C14H23N3O/c1-4-9-17(3)10-8-14(18)16-13-7-5-6-12(15)11(13)2/h5-7H,4,8-10,15H2,1-3H3,(H,16,18). The molecule has 0 unspecified atom stereocenters. The van der Waals surface area contributed by atoms with Crippen molar-refractivity contribution in [3.63, 3.8) is 0 Å². The molecule has 0 fully saturated rings. The fraction of sp³-hybridized carbons (Fsp3) is 0.500. The van der Waals surface area contributed by atoms with E-state index >= 15 is 0 Å². The van der Waals surface area contributed by atoms with Crippen LogP contribution in [0.15, 0.2) is 18.2 Å². The predicted octanol–water partition coefficient (Wildman–Crippen LogP) is 2.25. The number of nitrogens with zero attached hydrogens (tertiary/aromatic N) is 1. The van der Waals surface area contributed by atoms with E-state index in [0.29, 0.717) is 12.1 Å². The zero-order valence-electron chi connectivity index (χ0n) is 11.5. The van der Waals surface area contributed by atoms with Crippen LogP contribution in [0.3, 0.4) is 0 Å². The maximum Gasteiger partial charge on any atom is 0.225 e. The van der Waals surface area contributed by atoms with Crippen LogP contribution in [-0.4, -0.2) is 30.9 Å². The summed E-state index contributed by atoms with van der Waals surface area (Å²) in [6.07, 6.45) is 1.61. The molecule has 0 aromatic heterocycles. The van der Waals surface area contributed by atoms with E-state index in [2.05, 4.69) is 17.1 Å². The lowest BCUT2D eigenvalue weighted by molar-refractivity contribution is -0.116. The minimum Gasteiger partial charge on any atom is -0.398 e. The van der Waals surface area contributed by atoms with E-state index < -0.39 is 0 Å². The topological polar surface area (TPSA) is 58.4 Å². The van der Waals surface area contributed by atoms with Crippen molar-refractivity contribution in [2.75, 3.05) is 31.2 Å². The normalized spacial score (nSPS) is 10.7. The van der Waals surface area contributed by atoms with Crippen LogP contribution in [0, 0.1) is 6.92 Å². The molecule has 4 nitrogen and oxygen atoms in total. The van der Waals surface area contributed by atoms with Gasteiger partial charge in [-0.1, -0.05) is 13.0 Å². The van der Waals surface area contributed by atoms with Crippen molar-refractivity contribution < 1.29 is 4.79 Å². The number of carbonyl (C=O) groups excluding carboxylic acids is 1. The molecule has 0 atom stereocenters. The molecule has 1 amide bonds. The lowest BCUT2D eigenvalue weighted by Crippen LogP contribution is -2.25. The predicted molar refractivity (Wildman–Crippen MR) is 76.6 cm³/mol. The zero-order chi connectivity index (χ0) is 13.5. The summed E-state index contributed by atoms with van der Waals surface area (Å²) in [6, 6.07) is 5.56. The average Bonchev–Trinajstić information content (AvgIpc) is 2.33. The number of amides is 1. The Balaban J connectivity index is 2.47. The van der Waals surface area contributed by atoms with Crippen LogP contribution in [0.2, 0.25) is 0 Å². The number of hydrogen-bond donors (Lipinski definition) is 2. The third-order valence-corrected chi connectivity index (χ3v) is 2.98. The van der Waals surface area contributed by atoms with E-state index in [-0.39, 0.29) is 5.91 Å². The first-order valence-electron chi connectivity index (χ1n) is 6.38. The van der Waals surface area contributed by atoms with Crippen LogP contribution in [0.4, 0.5) is 11.4 Å². The molecule has 0 saturated heterocycles. The van der Waals surface area contributed by atoms with Crippen LogP contribution in [0.5, 0.6) is 0 Å². The van der Waals surface area contributed by atoms with Crippen molar-refractivity contribution in [3.8, 4) is 0 Å². The van der Waals surface area contributed by atoms with Crippen LogP contribution in [0.1, 0.15) is 25.3 Å². The molecule has 0 aliphatic rings. The highest BCUT2D eigenvalue weighted by Gasteiger charge is 2.07. The van der Waals surface area contributed by atoms with Crippen LogP contribution < -0.4 is 11.1 Å². The van der Waals surface area contributed by atoms with Gasteiger partial charge in [-0.2, -0.15) is 0 Å². The van der Waals surface area contributed by atoms with Crippen molar-refractivity contribution in [1.82, 2.24) is 4.90 Å². The second-order valence-electron chi connectivity index (χ2n) is 4.62. The zero-order valence-corrected chi connectivity index (χ0v) is 11.5. The summed E-state index contributed by atoms with van der Waals surface area (Å²) in [5.74, 6) is 0.0339. The third kappa shape index (κ3) is 4.37. The second kappa shape index (κ2) is 7.01. The Bertz CT molecular complexity index is 404. The van der Waals surface area contributed by atoms with E-state index in [1.54, 1.807) is 0 Å². The molecular formula is C14H23N3O. The van der Waals surface area contributed by atoms with Gasteiger partial charge in [-0.05, 0) is 44.6 Å². The number of nitrogens with one attached hydrogen (secondary N) is 1. The molecule has 0 aliphatic carbocycles. The number of benzene rings is 1. The number of nitrogens with two attached hydrogens (primary N) is 1. The first kappa shape index (κ1) is 14.5. The van der Waals surface area contributed by atoms with Crippen molar-refractivity contribution >= 4 is 17.3 Å². The number of anilines is 2. The van der Waals surface area contributed by atoms with Gasteiger partial charge in [0.1, 0.15) is 0 Å². The Labute approximate surface area is 109 Å². The monoisotopic (exact) mass is 249 g/mol. The molecule has 0 spiro atoms. The maximum atomic E-state index is 11.8. The molecule has 0 radical (unpaired) electrons. The van der Waals surface area contributed by atoms with E-state index in [1.807, 2.05) is 32.2 Å². The minimum atomic E-state index is 0.0339. The fourth-order valence-corrected chi connectivity index (χ4v) is 1.79. The molecule has 4 heteroatoms. The molecule has 1 aromatic rings. The van der Waals surface area contributed by atoms with Crippen molar-refractivity contribution in [2.24, 2.45) is 0 Å². The van der Waals surface area contributed by atoms with E-state index in [9.17, 15) is 4.79 Å². The summed E-state index contributed by atoms with van der Waals surface area (Å²) in [5.41, 5.74) is 8.23. The van der Waals surface area contributed by atoms with Gasteiger partial charge < -0.3 is 16.0 Å². The highest BCUT2D eigenvalue weighted by molar-refractivity contribution is 5.92. The minimum absolute atomic E-state index is 0.0339. The van der Waals surface area contributed by atoms with Gasteiger partial charge in [-0.3, -0.25) is 4.79 Å². The Morgan fingerprint density at radius 1 is 1.39 bits per heavy atom. The van der Waals surface area contributed by atoms with Gasteiger partial charge in [0, 0.05) is 24.3 Å². The lowest BCUT2D eigenvalue weighted by atomic mass is 10.1. The van der Waals surface area contributed by atoms with E-state index in [4.69, 9.17) is 5.73 Å². The van der Waals surface area contributed by atoms with Crippen molar-refractivity contribution in [1.29, 1.82) is 0 Å². The number of rotatable bonds is 6. The molecule has 100 valence electrons. The summed E-state index contributed by atoms with van der Waals surface area (Å²) in [6.45, 7) is 5.84. The van der Waals surface area contributed by atoms with Crippen LogP contribution >= 0.6 is 0 Å². The highest BCUT2D eigenvalue weighted by Crippen LogP contribution is 2.20. The second-order valence-corrected chi connectivity index (χ2v) is 4.62. The van der Waals surface area contributed by atoms with Gasteiger partial charge >= 0.3 is 0 Å². The van der Waals surface area contributed by atoms with Gasteiger partial charge in [-0.15, -0.1) is 0 Å². The SMILES string of the molecule is CCCN(C)CCC(=O)Nc1cccc(N)c1C. The summed E-state index contributed by atoms with van der Waals surface area (Å²) in [4.78, 5) is 14.0. The largest absolute Gasteiger partial charge is 0.398 e. The molecular weight excluding hydrogens is 226 g/mol. The Hall–Kier alpha value is -1.55. The number of nitrogen functional groups attached to an aromatic ring is 1. The Kier molecular flexibility index (Phi) is 5.65. The van der Waals surface area contributed by atoms with Gasteiger partial charge in [0.05, 0.1) is 0 Å². The molecule has 0 aliphatic heterocycles. The molecule has 0 bridgehead atoms. The van der Waals surface area contributed by atoms with Crippen LogP contribution in [-0.2, 0) is 4.79 Å². The molecule has 3 N–H and O–H groups in total. The van der Waals surface area contributed by atoms with E-state index in [0.717, 1.165) is 30.8 Å².